The molecule has 0 aliphatic carbocycles. The summed E-state index contributed by atoms with van der Waals surface area (Å²) >= 11 is 0. The third-order valence-corrected chi connectivity index (χ3v) is 3.13. The van der Waals surface area contributed by atoms with Gasteiger partial charge in [-0.05, 0) is 29.0 Å². The molecule has 0 bridgehead atoms. The van der Waals surface area contributed by atoms with Crippen molar-refractivity contribution in [3.63, 3.8) is 0 Å². The Morgan fingerprint density at radius 2 is 1.03 bits per heavy atom. The van der Waals surface area contributed by atoms with Crippen molar-refractivity contribution in [3.8, 4) is 0 Å². The molecule has 15 nitrogen and oxygen atoms in total. The highest BCUT2D eigenvalue weighted by atomic mass is 16.6. The summed E-state index contributed by atoms with van der Waals surface area (Å²) in [7, 11) is 0. The number of rotatable bonds is 3. The summed E-state index contributed by atoms with van der Waals surface area (Å²) in [6.07, 6.45) is 0. The van der Waals surface area contributed by atoms with Crippen molar-refractivity contribution in [2.45, 2.75) is 0 Å². The summed E-state index contributed by atoms with van der Waals surface area (Å²) in [5.41, 5.74) is 1.39. The van der Waals surface area contributed by atoms with E-state index in [1.165, 1.54) is 6.07 Å². The molecule has 31 heavy (non-hydrogen) atoms. The first kappa shape index (κ1) is 56.5. The second-order valence-corrected chi connectivity index (χ2v) is 4.46. The molecule has 0 fully saturated rings. The van der Waals surface area contributed by atoms with Crippen LogP contribution in [0.4, 0.5) is 17.1 Å². The number of anilines is 2. The summed E-state index contributed by atoms with van der Waals surface area (Å²) in [6.45, 7) is 0. The minimum Gasteiger partial charge on any atom is -0.350 e. The maximum absolute atomic E-state index is 11.0. The van der Waals surface area contributed by atoms with E-state index < -0.39 is 0 Å². The van der Waals surface area contributed by atoms with E-state index in [0.29, 0.717) is 5.69 Å². The summed E-state index contributed by atoms with van der Waals surface area (Å²) in [5, 5.41) is 16.3. The minimum atomic E-state index is -0.386. The second kappa shape index (κ2) is 24.7. The SMILES string of the molecule is N.N.N.N.N.N.N.N.N.N.N.O=[N+]([O-])c1ccccc1Nc1ccc2ccccc2c1. The topological polar surface area (TPSA) is 440 Å². The molecule has 0 aliphatic heterocycles. The van der Waals surface area contributed by atoms with Crippen LogP contribution in [0.1, 0.15) is 0 Å². The van der Waals surface area contributed by atoms with Gasteiger partial charge in [-0.15, -0.1) is 0 Å². The van der Waals surface area contributed by atoms with Crippen molar-refractivity contribution in [2.75, 3.05) is 5.32 Å². The van der Waals surface area contributed by atoms with Gasteiger partial charge in [0.15, 0.2) is 0 Å². The van der Waals surface area contributed by atoms with E-state index in [0.717, 1.165) is 16.5 Å². The fraction of sp³-hybridized carbons (Fsp3) is 0. The fourth-order valence-electron chi connectivity index (χ4n) is 2.16. The number of benzene rings is 3. The van der Waals surface area contributed by atoms with Gasteiger partial charge in [-0.2, -0.15) is 0 Å². The first-order valence-corrected chi connectivity index (χ1v) is 6.23. The number of nitrogens with zero attached hydrogens (tertiary/aromatic N) is 1. The van der Waals surface area contributed by atoms with Gasteiger partial charge in [0.25, 0.3) is 5.69 Å². The lowest BCUT2D eigenvalue weighted by Crippen LogP contribution is -1.96. The van der Waals surface area contributed by atoms with E-state index >= 15 is 0 Å². The van der Waals surface area contributed by atoms with Gasteiger partial charge in [-0.25, -0.2) is 0 Å². The Morgan fingerprint density at radius 1 is 0.581 bits per heavy atom. The molecule has 186 valence electrons. The molecule has 34 N–H and O–H groups in total. The molecule has 0 atom stereocenters. The number of hydrogen-bond donors (Lipinski definition) is 12. The van der Waals surface area contributed by atoms with Crippen LogP contribution in [0, 0.1) is 10.1 Å². The Balaban J connectivity index is -0.0000000629. The van der Waals surface area contributed by atoms with Crippen LogP contribution in [0.15, 0.2) is 66.7 Å². The van der Waals surface area contributed by atoms with Crippen molar-refractivity contribution in [3.05, 3.63) is 76.8 Å². The molecule has 0 aliphatic rings. The van der Waals surface area contributed by atoms with Crippen LogP contribution >= 0.6 is 0 Å². The van der Waals surface area contributed by atoms with Crippen molar-refractivity contribution in [1.82, 2.24) is 67.7 Å². The lowest BCUT2D eigenvalue weighted by molar-refractivity contribution is -0.383. The first-order chi connectivity index (χ1) is 9.74. The van der Waals surface area contributed by atoms with E-state index in [1.54, 1.807) is 18.2 Å². The van der Waals surface area contributed by atoms with Gasteiger partial charge < -0.3 is 73.0 Å². The van der Waals surface area contributed by atoms with Crippen LogP contribution in [0.2, 0.25) is 0 Å². The molecule has 15 heteroatoms. The molecule has 0 saturated heterocycles. The summed E-state index contributed by atoms with van der Waals surface area (Å²) in [6, 6.07) is 20.5. The Labute approximate surface area is 183 Å². The molecular weight excluding hydrogens is 406 g/mol. The van der Waals surface area contributed by atoms with Crippen LogP contribution < -0.4 is 73.0 Å². The monoisotopic (exact) mass is 451 g/mol. The average Bonchev–Trinajstić information content (AvgIpc) is 2.47. The van der Waals surface area contributed by atoms with Gasteiger partial charge in [0.1, 0.15) is 5.69 Å². The molecule has 0 unspecified atom stereocenters. The molecule has 0 amide bonds. The van der Waals surface area contributed by atoms with Crippen molar-refractivity contribution in [1.29, 1.82) is 0 Å². The van der Waals surface area contributed by atoms with Gasteiger partial charge in [0.05, 0.1) is 4.92 Å². The van der Waals surface area contributed by atoms with Crippen molar-refractivity contribution < 1.29 is 4.92 Å². The lowest BCUT2D eigenvalue weighted by Gasteiger charge is -2.08. The number of hydrogen-bond acceptors (Lipinski definition) is 14. The Bertz CT molecular complexity index is 805. The normalized spacial score (nSPS) is 6.71. The van der Waals surface area contributed by atoms with Gasteiger partial charge in [0, 0.05) is 11.8 Å². The molecular formula is C16H45N13O2. The first-order valence-electron chi connectivity index (χ1n) is 6.23. The maximum Gasteiger partial charge on any atom is 0.292 e. The maximum atomic E-state index is 11.0. The standard InChI is InChI=1S/C16H12N2O2.11H3N/c19-18(20)16-8-4-3-7-15(16)17-14-10-9-12-5-1-2-6-13(12)11-14;;;;;;;;;;;/h1-11,17H;11*1H3. The van der Waals surface area contributed by atoms with Gasteiger partial charge >= 0.3 is 0 Å². The van der Waals surface area contributed by atoms with Crippen LogP contribution in [-0.2, 0) is 0 Å². The van der Waals surface area contributed by atoms with Gasteiger partial charge in [0.2, 0.25) is 0 Å². The van der Waals surface area contributed by atoms with E-state index in [4.69, 9.17) is 0 Å². The molecule has 0 aromatic heterocycles. The Morgan fingerprint density at radius 3 is 1.55 bits per heavy atom. The lowest BCUT2D eigenvalue weighted by atomic mass is 10.1. The Kier molecular flexibility index (Phi) is 45.0. The predicted molar refractivity (Wildman–Crippen MR) is 136 cm³/mol. The molecule has 3 aromatic rings. The predicted octanol–water partition coefficient (Wildman–Crippen LogP) is 6.27. The zero-order chi connectivity index (χ0) is 13.9. The molecule has 3 aromatic carbocycles. The zero-order valence-corrected chi connectivity index (χ0v) is 18.4. The molecule has 0 radical (unpaired) electrons. The third-order valence-electron chi connectivity index (χ3n) is 3.13. The highest BCUT2D eigenvalue weighted by molar-refractivity contribution is 5.87. The zero-order valence-electron chi connectivity index (χ0n) is 18.4. The highest BCUT2D eigenvalue weighted by Gasteiger charge is 2.12. The molecule has 3 rings (SSSR count). The van der Waals surface area contributed by atoms with Crippen molar-refractivity contribution in [2.24, 2.45) is 0 Å². The largest absolute Gasteiger partial charge is 0.350 e. The molecule has 0 saturated carbocycles. The smallest absolute Gasteiger partial charge is 0.292 e. The number of fused-ring (bicyclic) bond motifs is 1. The van der Waals surface area contributed by atoms with Crippen LogP contribution in [-0.4, -0.2) is 4.92 Å². The Hall–Kier alpha value is -3.32. The van der Waals surface area contributed by atoms with Crippen LogP contribution in [0.25, 0.3) is 10.8 Å². The quantitative estimate of drug-likeness (QED) is 0.154. The molecule has 0 spiro atoms. The second-order valence-electron chi connectivity index (χ2n) is 4.46. The van der Waals surface area contributed by atoms with Crippen LogP contribution in [0.3, 0.4) is 0 Å². The number of nitro benzene ring substituents is 1. The van der Waals surface area contributed by atoms with Crippen molar-refractivity contribution >= 4 is 27.8 Å². The summed E-state index contributed by atoms with van der Waals surface area (Å²) in [4.78, 5) is 10.6. The average molecular weight is 452 g/mol. The number of para-hydroxylation sites is 2. The van der Waals surface area contributed by atoms with Crippen LogP contribution in [0.5, 0.6) is 0 Å². The van der Waals surface area contributed by atoms with E-state index in [9.17, 15) is 10.1 Å². The fourth-order valence-corrected chi connectivity index (χ4v) is 2.16. The van der Waals surface area contributed by atoms with E-state index in [-0.39, 0.29) is 78.3 Å². The van der Waals surface area contributed by atoms with E-state index in [1.807, 2.05) is 42.5 Å². The third kappa shape index (κ3) is 12.8. The van der Waals surface area contributed by atoms with E-state index in [2.05, 4.69) is 5.32 Å². The number of nitrogens with one attached hydrogen (secondary N) is 1. The highest BCUT2D eigenvalue weighted by Crippen LogP contribution is 2.28. The summed E-state index contributed by atoms with van der Waals surface area (Å²) in [5.74, 6) is 0. The summed E-state index contributed by atoms with van der Waals surface area (Å²) < 4.78 is 0. The minimum absolute atomic E-state index is 0. The molecule has 0 heterocycles. The van der Waals surface area contributed by atoms with Gasteiger partial charge in [-0.1, -0.05) is 42.5 Å². The van der Waals surface area contributed by atoms with Gasteiger partial charge in [-0.3, -0.25) is 10.1 Å². The number of nitro groups is 1.